The van der Waals surface area contributed by atoms with Crippen LogP contribution in [-0.2, 0) is 6.61 Å². The highest BCUT2D eigenvalue weighted by atomic mass is 35.5. The second-order valence-electron chi connectivity index (χ2n) is 5.87. The zero-order valence-electron chi connectivity index (χ0n) is 15.4. The molecule has 3 aromatic rings. The van der Waals surface area contributed by atoms with Gasteiger partial charge in [-0.05, 0) is 31.2 Å². The minimum Gasteiger partial charge on any atom is -0.490 e. The zero-order chi connectivity index (χ0) is 19.8. The van der Waals surface area contributed by atoms with E-state index in [1.54, 1.807) is 12.3 Å². The molecule has 0 spiro atoms. The van der Waals surface area contributed by atoms with Crippen LogP contribution in [0.15, 0.2) is 71.8 Å². The van der Waals surface area contributed by atoms with Crippen LogP contribution >= 0.6 is 23.2 Å². The number of para-hydroxylation sites is 1. The van der Waals surface area contributed by atoms with Gasteiger partial charge in [-0.2, -0.15) is 5.10 Å². The molecule has 144 valence electrons. The summed E-state index contributed by atoms with van der Waals surface area (Å²) in [5.41, 5.74) is 5.46. The van der Waals surface area contributed by atoms with Crippen molar-refractivity contribution in [3.05, 3.63) is 87.9 Å². The maximum absolute atomic E-state index is 6.42. The van der Waals surface area contributed by atoms with E-state index in [9.17, 15) is 0 Å². The van der Waals surface area contributed by atoms with E-state index in [1.165, 1.54) is 0 Å². The summed E-state index contributed by atoms with van der Waals surface area (Å²) in [6.45, 7) is 2.74. The summed E-state index contributed by atoms with van der Waals surface area (Å²) in [5, 5.41) is 5.40. The first kappa shape index (κ1) is 20.1. The van der Waals surface area contributed by atoms with Gasteiger partial charge in [-0.15, -0.1) is 0 Å². The molecule has 0 bridgehead atoms. The van der Waals surface area contributed by atoms with E-state index in [0.717, 1.165) is 16.8 Å². The van der Waals surface area contributed by atoms with Gasteiger partial charge in [0.25, 0.3) is 0 Å². The molecule has 0 heterocycles. The predicted molar refractivity (Wildman–Crippen MR) is 116 cm³/mol. The van der Waals surface area contributed by atoms with Crippen LogP contribution in [0.4, 0.5) is 5.69 Å². The summed E-state index contributed by atoms with van der Waals surface area (Å²) < 4.78 is 11.6. The molecule has 0 fully saturated rings. The molecule has 3 aromatic carbocycles. The minimum atomic E-state index is 0.319. The highest BCUT2D eigenvalue weighted by molar-refractivity contribution is 6.33. The lowest BCUT2D eigenvalue weighted by atomic mass is 10.2. The average molecular weight is 415 g/mol. The number of halogens is 2. The fraction of sp³-hybridized carbons (Fsp3) is 0.136. The quantitative estimate of drug-likeness (QED) is 0.341. The third-order valence-electron chi connectivity index (χ3n) is 3.87. The van der Waals surface area contributed by atoms with Crippen LogP contribution in [-0.4, -0.2) is 12.8 Å². The maximum Gasteiger partial charge on any atom is 0.163 e. The zero-order valence-corrected chi connectivity index (χ0v) is 16.9. The molecule has 0 aliphatic rings. The molecular formula is C22H20Cl2N2O2. The average Bonchev–Trinajstić information content (AvgIpc) is 2.71. The number of benzene rings is 3. The summed E-state index contributed by atoms with van der Waals surface area (Å²) in [5.74, 6) is 1.15. The van der Waals surface area contributed by atoms with Gasteiger partial charge in [-0.25, -0.2) is 0 Å². The van der Waals surface area contributed by atoms with Crippen LogP contribution in [0, 0.1) is 0 Å². The summed E-state index contributed by atoms with van der Waals surface area (Å²) in [4.78, 5) is 0. The lowest BCUT2D eigenvalue weighted by Crippen LogP contribution is -2.01. The van der Waals surface area contributed by atoms with Crippen LogP contribution in [0.3, 0.4) is 0 Å². The largest absolute Gasteiger partial charge is 0.490 e. The third-order valence-corrected chi connectivity index (χ3v) is 4.57. The molecule has 0 saturated heterocycles. The molecule has 0 aliphatic carbocycles. The topological polar surface area (TPSA) is 42.8 Å². The normalized spacial score (nSPS) is 10.8. The number of nitrogens with zero attached hydrogens (tertiary/aromatic N) is 1. The van der Waals surface area contributed by atoms with Gasteiger partial charge >= 0.3 is 0 Å². The lowest BCUT2D eigenvalue weighted by molar-refractivity contribution is 0.269. The number of ether oxygens (including phenoxy) is 2. The maximum atomic E-state index is 6.42. The molecule has 0 aliphatic heterocycles. The van der Waals surface area contributed by atoms with E-state index in [2.05, 4.69) is 10.5 Å². The Kier molecular flexibility index (Phi) is 7.18. The molecular weight excluding hydrogens is 395 g/mol. The van der Waals surface area contributed by atoms with Crippen molar-refractivity contribution in [2.45, 2.75) is 13.5 Å². The Balaban J connectivity index is 1.76. The molecule has 1 N–H and O–H groups in total. The monoisotopic (exact) mass is 414 g/mol. The van der Waals surface area contributed by atoms with Crippen molar-refractivity contribution >= 4 is 35.1 Å². The number of rotatable bonds is 8. The van der Waals surface area contributed by atoms with Gasteiger partial charge in [-0.3, -0.25) is 5.43 Å². The number of hydrogen-bond donors (Lipinski definition) is 1. The van der Waals surface area contributed by atoms with Gasteiger partial charge in [0, 0.05) is 22.2 Å². The van der Waals surface area contributed by atoms with E-state index in [4.69, 9.17) is 32.7 Å². The van der Waals surface area contributed by atoms with Crippen LogP contribution in [0.2, 0.25) is 10.0 Å². The van der Waals surface area contributed by atoms with Crippen molar-refractivity contribution in [3.63, 3.8) is 0 Å². The molecule has 0 saturated carbocycles. The summed E-state index contributed by atoms with van der Waals surface area (Å²) in [7, 11) is 0. The smallest absolute Gasteiger partial charge is 0.163 e. The molecule has 0 atom stereocenters. The van der Waals surface area contributed by atoms with E-state index in [1.807, 2.05) is 67.6 Å². The first-order chi connectivity index (χ1) is 13.7. The van der Waals surface area contributed by atoms with Crippen molar-refractivity contribution < 1.29 is 9.47 Å². The third kappa shape index (κ3) is 5.41. The minimum absolute atomic E-state index is 0.319. The fourth-order valence-electron chi connectivity index (χ4n) is 2.49. The molecule has 28 heavy (non-hydrogen) atoms. The fourth-order valence-corrected chi connectivity index (χ4v) is 2.88. The first-order valence-corrected chi connectivity index (χ1v) is 9.59. The molecule has 0 radical (unpaired) electrons. The number of anilines is 1. The van der Waals surface area contributed by atoms with Crippen molar-refractivity contribution in [2.24, 2.45) is 5.10 Å². The first-order valence-electron chi connectivity index (χ1n) is 8.84. The van der Waals surface area contributed by atoms with Gasteiger partial charge in [0.05, 0.1) is 23.5 Å². The standard InChI is InChI=1S/C22H20Cl2N2O2/c1-2-27-21-12-17(14-25-26-18-9-4-3-5-10-18)20(24)13-22(21)28-15-16-8-6-7-11-19(16)23/h3-14,26H,2,15H2,1H3. The Hall–Kier alpha value is -2.69. The molecule has 6 heteroatoms. The summed E-state index contributed by atoms with van der Waals surface area (Å²) >= 11 is 12.6. The summed E-state index contributed by atoms with van der Waals surface area (Å²) in [6, 6.07) is 20.8. The van der Waals surface area contributed by atoms with Gasteiger partial charge in [0.2, 0.25) is 0 Å². The Labute approximate surface area is 174 Å². The number of hydrogen-bond acceptors (Lipinski definition) is 4. The Bertz CT molecular complexity index is 947. The number of nitrogens with one attached hydrogen (secondary N) is 1. The second kappa shape index (κ2) is 10.0. The highest BCUT2D eigenvalue weighted by Gasteiger charge is 2.11. The molecule has 4 nitrogen and oxygen atoms in total. The number of hydrazone groups is 1. The SMILES string of the molecule is CCOc1cc(C=NNc2ccccc2)c(Cl)cc1OCc1ccccc1Cl. The summed E-state index contributed by atoms with van der Waals surface area (Å²) in [6.07, 6.45) is 1.65. The molecule has 0 unspecified atom stereocenters. The Morgan fingerprint density at radius 2 is 1.61 bits per heavy atom. The van der Waals surface area contributed by atoms with Crippen molar-refractivity contribution in [3.8, 4) is 11.5 Å². The highest BCUT2D eigenvalue weighted by Crippen LogP contribution is 2.34. The molecule has 0 amide bonds. The molecule has 0 aromatic heterocycles. The Morgan fingerprint density at radius 3 is 2.36 bits per heavy atom. The van der Waals surface area contributed by atoms with Crippen molar-refractivity contribution in [1.29, 1.82) is 0 Å². The van der Waals surface area contributed by atoms with Crippen LogP contribution in [0.25, 0.3) is 0 Å². The van der Waals surface area contributed by atoms with E-state index in [-0.39, 0.29) is 0 Å². The van der Waals surface area contributed by atoms with Crippen molar-refractivity contribution in [1.82, 2.24) is 0 Å². The van der Waals surface area contributed by atoms with Gasteiger partial charge < -0.3 is 9.47 Å². The van der Waals surface area contributed by atoms with E-state index in [0.29, 0.717) is 34.8 Å². The molecule has 3 rings (SSSR count). The Morgan fingerprint density at radius 1 is 0.893 bits per heavy atom. The van der Waals surface area contributed by atoms with Crippen LogP contribution in [0.1, 0.15) is 18.1 Å². The van der Waals surface area contributed by atoms with Gasteiger partial charge in [0.1, 0.15) is 6.61 Å². The second-order valence-corrected chi connectivity index (χ2v) is 6.68. The predicted octanol–water partition coefficient (Wildman–Crippen LogP) is 6.42. The van der Waals surface area contributed by atoms with Gasteiger partial charge in [-0.1, -0.05) is 59.6 Å². The van der Waals surface area contributed by atoms with Crippen LogP contribution in [0.5, 0.6) is 11.5 Å². The van der Waals surface area contributed by atoms with Crippen molar-refractivity contribution in [2.75, 3.05) is 12.0 Å². The van der Waals surface area contributed by atoms with E-state index < -0.39 is 0 Å². The lowest BCUT2D eigenvalue weighted by Gasteiger charge is -2.14. The van der Waals surface area contributed by atoms with Crippen LogP contribution < -0.4 is 14.9 Å². The van der Waals surface area contributed by atoms with E-state index >= 15 is 0 Å². The van der Waals surface area contributed by atoms with Gasteiger partial charge in [0.15, 0.2) is 11.5 Å².